The Labute approximate surface area is 175 Å². The standard InChI is InChI=1S/C25H24N2O3/c1-3-30-25(29)21-16-27(24(28)17(2)15-18-9-5-4-6-10-18)14-13-20-19-11-7-8-12-22(19)26-23(20)21/h4-12,15-16,26H,3,13-14H2,1-2H3. The molecule has 1 N–H and O–H groups in total. The fraction of sp³-hybridized carbons (Fsp3) is 0.200. The van der Waals surface area contributed by atoms with Crippen molar-refractivity contribution in [3.63, 3.8) is 0 Å². The van der Waals surface area contributed by atoms with E-state index in [0.29, 0.717) is 24.1 Å². The molecule has 0 fully saturated rings. The number of ether oxygens (including phenoxy) is 1. The maximum absolute atomic E-state index is 13.2. The average Bonchev–Trinajstić information content (AvgIpc) is 3.01. The predicted molar refractivity (Wildman–Crippen MR) is 118 cm³/mol. The van der Waals surface area contributed by atoms with Gasteiger partial charge >= 0.3 is 5.97 Å². The van der Waals surface area contributed by atoms with Crippen molar-refractivity contribution in [2.24, 2.45) is 0 Å². The van der Waals surface area contributed by atoms with Crippen LogP contribution < -0.4 is 0 Å². The van der Waals surface area contributed by atoms with Gasteiger partial charge in [0.15, 0.2) is 0 Å². The van der Waals surface area contributed by atoms with Crippen molar-refractivity contribution < 1.29 is 14.3 Å². The Balaban J connectivity index is 1.73. The molecule has 0 radical (unpaired) electrons. The summed E-state index contributed by atoms with van der Waals surface area (Å²) in [6.45, 7) is 4.33. The van der Waals surface area contributed by atoms with E-state index >= 15 is 0 Å². The van der Waals surface area contributed by atoms with Gasteiger partial charge in [0.2, 0.25) is 0 Å². The van der Waals surface area contributed by atoms with Crippen LogP contribution in [0.1, 0.15) is 30.7 Å². The van der Waals surface area contributed by atoms with E-state index in [4.69, 9.17) is 4.74 Å². The van der Waals surface area contributed by atoms with Gasteiger partial charge in [0.1, 0.15) is 0 Å². The quantitative estimate of drug-likeness (QED) is 0.516. The van der Waals surface area contributed by atoms with E-state index in [1.165, 1.54) is 0 Å². The van der Waals surface area contributed by atoms with E-state index in [0.717, 1.165) is 27.7 Å². The Morgan fingerprint density at radius 2 is 1.83 bits per heavy atom. The van der Waals surface area contributed by atoms with Crippen LogP contribution in [0.15, 0.2) is 66.4 Å². The smallest absolute Gasteiger partial charge is 0.341 e. The third-order valence-corrected chi connectivity index (χ3v) is 5.25. The van der Waals surface area contributed by atoms with Crippen LogP contribution in [0.5, 0.6) is 0 Å². The maximum atomic E-state index is 13.2. The SMILES string of the molecule is CCOC(=O)C1=CN(C(=O)C(C)=Cc2ccccc2)CCc2c1[nH]c1ccccc21. The first-order valence-electron chi connectivity index (χ1n) is 10.1. The van der Waals surface area contributed by atoms with Crippen LogP contribution in [0.3, 0.4) is 0 Å². The summed E-state index contributed by atoms with van der Waals surface area (Å²) in [7, 11) is 0. The first-order chi connectivity index (χ1) is 14.6. The molecule has 152 valence electrons. The molecule has 1 aliphatic rings. The summed E-state index contributed by atoms with van der Waals surface area (Å²) >= 11 is 0. The molecular weight excluding hydrogens is 376 g/mol. The largest absolute Gasteiger partial charge is 0.462 e. The minimum Gasteiger partial charge on any atom is -0.462 e. The van der Waals surface area contributed by atoms with Gasteiger partial charge in [-0.1, -0.05) is 48.5 Å². The highest BCUT2D eigenvalue weighted by Gasteiger charge is 2.27. The van der Waals surface area contributed by atoms with Gasteiger partial charge in [-0.3, -0.25) is 4.79 Å². The summed E-state index contributed by atoms with van der Waals surface area (Å²) in [5.74, 6) is -0.565. The first-order valence-corrected chi connectivity index (χ1v) is 10.1. The van der Waals surface area contributed by atoms with E-state index in [9.17, 15) is 9.59 Å². The molecule has 0 spiro atoms. The second-order valence-corrected chi connectivity index (χ2v) is 7.27. The van der Waals surface area contributed by atoms with Crippen LogP contribution in [0.25, 0.3) is 22.6 Å². The van der Waals surface area contributed by atoms with E-state index < -0.39 is 5.97 Å². The number of hydrogen-bond acceptors (Lipinski definition) is 3. The normalized spacial score (nSPS) is 14.1. The van der Waals surface area contributed by atoms with Crippen molar-refractivity contribution in [3.8, 4) is 0 Å². The summed E-state index contributed by atoms with van der Waals surface area (Å²) < 4.78 is 5.29. The lowest BCUT2D eigenvalue weighted by Gasteiger charge is -2.18. The molecule has 1 aromatic heterocycles. The molecule has 0 unspecified atom stereocenters. The number of esters is 1. The number of aromatic amines is 1. The van der Waals surface area contributed by atoms with Crippen molar-refractivity contribution >= 4 is 34.4 Å². The van der Waals surface area contributed by atoms with Gasteiger partial charge in [0.05, 0.1) is 17.9 Å². The number of H-pyrrole nitrogens is 1. The number of carbonyl (C=O) groups is 2. The van der Waals surface area contributed by atoms with Crippen molar-refractivity contribution in [1.82, 2.24) is 9.88 Å². The van der Waals surface area contributed by atoms with Crippen LogP contribution in [0.2, 0.25) is 0 Å². The molecule has 0 aliphatic carbocycles. The van der Waals surface area contributed by atoms with Gasteiger partial charge in [-0.15, -0.1) is 0 Å². The lowest BCUT2D eigenvalue weighted by molar-refractivity contribution is -0.136. The molecule has 1 aliphatic heterocycles. The summed E-state index contributed by atoms with van der Waals surface area (Å²) in [5, 5.41) is 1.06. The molecule has 2 aromatic carbocycles. The summed E-state index contributed by atoms with van der Waals surface area (Å²) in [6.07, 6.45) is 4.13. The number of para-hydroxylation sites is 1. The summed E-state index contributed by atoms with van der Waals surface area (Å²) in [5.41, 5.74) is 4.68. The number of nitrogens with zero attached hydrogens (tertiary/aromatic N) is 1. The molecular formula is C25H24N2O3. The highest BCUT2D eigenvalue weighted by atomic mass is 16.5. The van der Waals surface area contributed by atoms with Crippen LogP contribution in [0.4, 0.5) is 0 Å². The van der Waals surface area contributed by atoms with Gasteiger partial charge in [-0.05, 0) is 43.5 Å². The number of rotatable bonds is 4. The number of hydrogen-bond donors (Lipinski definition) is 1. The van der Waals surface area contributed by atoms with Gasteiger partial charge in [0.25, 0.3) is 5.91 Å². The van der Waals surface area contributed by atoms with Crippen LogP contribution in [-0.2, 0) is 20.7 Å². The first kappa shape index (κ1) is 19.7. The zero-order chi connectivity index (χ0) is 21.1. The Bertz CT molecular complexity index is 1160. The Kier molecular flexibility index (Phi) is 5.53. The average molecular weight is 400 g/mol. The number of aromatic nitrogens is 1. The molecule has 1 amide bonds. The number of amides is 1. The number of fused-ring (bicyclic) bond motifs is 3. The van der Waals surface area contributed by atoms with Crippen LogP contribution in [0, 0.1) is 0 Å². The summed E-state index contributed by atoms with van der Waals surface area (Å²) in [6, 6.07) is 17.7. The second-order valence-electron chi connectivity index (χ2n) is 7.27. The molecule has 0 bridgehead atoms. The lowest BCUT2D eigenvalue weighted by Crippen LogP contribution is -2.28. The fourth-order valence-corrected chi connectivity index (χ4v) is 3.82. The Hall–Kier alpha value is -3.60. The maximum Gasteiger partial charge on any atom is 0.341 e. The van der Waals surface area contributed by atoms with Gasteiger partial charge in [-0.2, -0.15) is 0 Å². The molecule has 2 heterocycles. The predicted octanol–water partition coefficient (Wildman–Crippen LogP) is 4.56. The van der Waals surface area contributed by atoms with Crippen LogP contribution in [-0.4, -0.2) is 34.9 Å². The number of benzene rings is 2. The third kappa shape index (κ3) is 3.79. The lowest BCUT2D eigenvalue weighted by atomic mass is 10.0. The molecule has 4 rings (SSSR count). The van der Waals surface area contributed by atoms with E-state index in [2.05, 4.69) is 4.98 Å². The van der Waals surface area contributed by atoms with Gasteiger partial charge in [-0.25, -0.2) is 4.79 Å². The third-order valence-electron chi connectivity index (χ3n) is 5.25. The number of nitrogens with one attached hydrogen (secondary N) is 1. The Morgan fingerprint density at radius 1 is 1.10 bits per heavy atom. The fourth-order valence-electron chi connectivity index (χ4n) is 3.82. The zero-order valence-corrected chi connectivity index (χ0v) is 17.1. The zero-order valence-electron chi connectivity index (χ0n) is 17.1. The summed E-state index contributed by atoms with van der Waals surface area (Å²) in [4.78, 5) is 30.9. The Morgan fingerprint density at radius 3 is 2.60 bits per heavy atom. The molecule has 3 aromatic rings. The minimum atomic E-state index is -0.435. The van der Waals surface area contributed by atoms with E-state index in [-0.39, 0.29) is 12.5 Å². The van der Waals surface area contributed by atoms with Crippen molar-refractivity contribution in [2.45, 2.75) is 20.3 Å². The van der Waals surface area contributed by atoms with E-state index in [1.54, 1.807) is 24.9 Å². The molecule has 0 atom stereocenters. The van der Waals surface area contributed by atoms with Gasteiger partial charge in [0, 0.05) is 29.2 Å². The number of carbonyl (C=O) groups excluding carboxylic acids is 2. The molecule has 5 nitrogen and oxygen atoms in total. The van der Waals surface area contributed by atoms with Crippen molar-refractivity contribution in [1.29, 1.82) is 0 Å². The van der Waals surface area contributed by atoms with Crippen molar-refractivity contribution in [3.05, 3.63) is 83.2 Å². The monoisotopic (exact) mass is 400 g/mol. The van der Waals surface area contributed by atoms with Crippen LogP contribution >= 0.6 is 0 Å². The molecule has 5 heteroatoms. The highest BCUT2D eigenvalue weighted by Crippen LogP contribution is 2.31. The molecule has 0 saturated heterocycles. The topological polar surface area (TPSA) is 62.4 Å². The highest BCUT2D eigenvalue weighted by molar-refractivity contribution is 6.18. The minimum absolute atomic E-state index is 0.130. The van der Waals surface area contributed by atoms with Gasteiger partial charge < -0.3 is 14.6 Å². The second kappa shape index (κ2) is 8.41. The molecule has 0 saturated carbocycles. The van der Waals surface area contributed by atoms with E-state index in [1.807, 2.05) is 60.7 Å². The molecule has 30 heavy (non-hydrogen) atoms. The van der Waals surface area contributed by atoms with Crippen molar-refractivity contribution in [2.75, 3.05) is 13.2 Å².